The van der Waals surface area contributed by atoms with Crippen LogP contribution in [0.3, 0.4) is 0 Å². The molecule has 3 heteroatoms. The Morgan fingerprint density at radius 3 is 2.55 bits per heavy atom. The van der Waals surface area contributed by atoms with Crippen LogP contribution in [0.1, 0.15) is 24.0 Å². The fourth-order valence-electron chi connectivity index (χ4n) is 2.31. The molecular weight excluding hydrogens is 334 g/mol. The van der Waals surface area contributed by atoms with Crippen molar-refractivity contribution in [3.63, 3.8) is 0 Å². The van der Waals surface area contributed by atoms with E-state index in [2.05, 4.69) is 64.6 Å². The van der Waals surface area contributed by atoms with Gasteiger partial charge in [0, 0.05) is 22.0 Å². The summed E-state index contributed by atoms with van der Waals surface area (Å²) in [4.78, 5) is 0. The fourth-order valence-corrected chi connectivity index (χ4v) is 2.88. The van der Waals surface area contributed by atoms with Crippen LogP contribution in [0.5, 0.6) is 0 Å². The van der Waals surface area contributed by atoms with Gasteiger partial charge in [0.05, 0.1) is 0 Å². The Bertz CT molecular complexity index is 539. The summed E-state index contributed by atoms with van der Waals surface area (Å²) in [6, 6.07) is 16.7. The molecule has 0 saturated heterocycles. The van der Waals surface area contributed by atoms with E-state index >= 15 is 0 Å². The molecule has 106 valence electrons. The van der Waals surface area contributed by atoms with Gasteiger partial charge in [-0.3, -0.25) is 0 Å². The molecule has 0 saturated carbocycles. The predicted octanol–water partition coefficient (Wildman–Crippen LogP) is 5.04. The first-order valence-corrected chi connectivity index (χ1v) is 8.06. The van der Waals surface area contributed by atoms with Gasteiger partial charge in [-0.05, 0) is 48.4 Å². The Morgan fingerprint density at radius 2 is 1.90 bits per heavy atom. The van der Waals surface area contributed by atoms with Crippen molar-refractivity contribution in [3.8, 4) is 0 Å². The molecule has 0 radical (unpaired) electrons. The first-order chi connectivity index (χ1) is 9.69. The van der Waals surface area contributed by atoms with E-state index in [1.54, 1.807) is 0 Å². The van der Waals surface area contributed by atoms with E-state index in [1.165, 1.54) is 11.1 Å². The number of rotatable bonds is 6. The zero-order valence-corrected chi connectivity index (χ0v) is 13.9. The molecule has 0 amide bonds. The van der Waals surface area contributed by atoms with Gasteiger partial charge in [0.1, 0.15) is 0 Å². The maximum atomic E-state index is 5.98. The molecule has 0 aliphatic heterocycles. The second-order valence-electron chi connectivity index (χ2n) is 4.89. The third-order valence-electron chi connectivity index (χ3n) is 3.35. The number of hydrogen-bond donors (Lipinski definition) is 1. The second kappa shape index (κ2) is 7.82. The highest BCUT2D eigenvalue weighted by Crippen LogP contribution is 2.23. The molecule has 1 unspecified atom stereocenters. The summed E-state index contributed by atoms with van der Waals surface area (Å²) >= 11 is 9.52. The van der Waals surface area contributed by atoms with Crippen molar-refractivity contribution in [1.82, 2.24) is 5.32 Å². The molecule has 0 spiro atoms. The quantitative estimate of drug-likeness (QED) is 0.768. The first kappa shape index (κ1) is 15.6. The highest BCUT2D eigenvalue weighted by Gasteiger charge is 2.12. The summed E-state index contributed by atoms with van der Waals surface area (Å²) in [6.45, 7) is 4.10. The van der Waals surface area contributed by atoms with Gasteiger partial charge in [-0.15, -0.1) is 0 Å². The first-order valence-electron chi connectivity index (χ1n) is 6.89. The summed E-state index contributed by atoms with van der Waals surface area (Å²) in [5.41, 5.74) is 2.67. The molecule has 2 rings (SSSR count). The van der Waals surface area contributed by atoms with Gasteiger partial charge < -0.3 is 5.32 Å². The van der Waals surface area contributed by atoms with Crippen LogP contribution in [-0.2, 0) is 6.42 Å². The topological polar surface area (TPSA) is 12.0 Å². The monoisotopic (exact) mass is 351 g/mol. The Morgan fingerprint density at radius 1 is 1.15 bits per heavy atom. The third-order valence-corrected chi connectivity index (χ3v) is 4.10. The molecule has 2 aromatic rings. The summed E-state index contributed by atoms with van der Waals surface area (Å²) in [7, 11) is 0. The summed E-state index contributed by atoms with van der Waals surface area (Å²) < 4.78 is 1.13. The van der Waals surface area contributed by atoms with E-state index < -0.39 is 0 Å². The minimum atomic E-state index is 0.460. The maximum absolute atomic E-state index is 5.98. The molecule has 1 N–H and O–H groups in total. The summed E-state index contributed by atoms with van der Waals surface area (Å²) in [5.74, 6) is 0.460. The van der Waals surface area contributed by atoms with Crippen molar-refractivity contribution >= 4 is 27.5 Å². The lowest BCUT2D eigenvalue weighted by atomic mass is 9.92. The maximum Gasteiger partial charge on any atom is 0.0406 e. The molecule has 0 bridgehead atoms. The number of likely N-dealkylation sites (N-methyl/N-ethyl adjacent to an activating group) is 1. The molecule has 0 aliphatic carbocycles. The summed E-state index contributed by atoms with van der Waals surface area (Å²) in [5, 5.41) is 4.24. The van der Waals surface area contributed by atoms with E-state index in [9.17, 15) is 0 Å². The molecule has 0 aromatic heterocycles. The molecule has 0 aliphatic rings. The van der Waals surface area contributed by atoms with E-state index in [-0.39, 0.29) is 0 Å². The van der Waals surface area contributed by atoms with Crippen LogP contribution in [0.2, 0.25) is 5.02 Å². The van der Waals surface area contributed by atoms with E-state index in [0.29, 0.717) is 5.92 Å². The summed E-state index contributed by atoms with van der Waals surface area (Å²) in [6.07, 6.45) is 1.02. The highest BCUT2D eigenvalue weighted by atomic mass is 79.9. The highest BCUT2D eigenvalue weighted by molar-refractivity contribution is 9.10. The molecule has 2 aromatic carbocycles. The zero-order valence-electron chi connectivity index (χ0n) is 11.6. The molecule has 1 atom stereocenters. The molecular formula is C17H19BrClN. The smallest absolute Gasteiger partial charge is 0.0406 e. The number of nitrogens with one attached hydrogen (secondary N) is 1. The van der Waals surface area contributed by atoms with Crippen molar-refractivity contribution in [2.75, 3.05) is 13.1 Å². The van der Waals surface area contributed by atoms with Gasteiger partial charge in [0.2, 0.25) is 0 Å². The standard InChI is InChI=1S/C17H19BrClN/c1-2-20-12-15(14-6-8-17(19)9-7-14)10-13-4-3-5-16(18)11-13/h3-9,11,15,20H,2,10,12H2,1H3. The lowest BCUT2D eigenvalue weighted by Gasteiger charge is -2.18. The van der Waals surface area contributed by atoms with Crippen LogP contribution in [-0.4, -0.2) is 13.1 Å². The van der Waals surface area contributed by atoms with Crippen molar-refractivity contribution < 1.29 is 0 Å². The number of benzene rings is 2. The van der Waals surface area contributed by atoms with Crippen LogP contribution >= 0.6 is 27.5 Å². The molecule has 1 nitrogen and oxygen atoms in total. The Hall–Kier alpha value is -0.830. The second-order valence-corrected chi connectivity index (χ2v) is 6.24. The Labute approximate surface area is 134 Å². The molecule has 20 heavy (non-hydrogen) atoms. The van der Waals surface area contributed by atoms with Gasteiger partial charge in [-0.1, -0.05) is 58.7 Å². The van der Waals surface area contributed by atoms with Crippen LogP contribution in [0.25, 0.3) is 0 Å². The SMILES string of the molecule is CCNCC(Cc1cccc(Br)c1)c1ccc(Cl)cc1. The molecule has 0 heterocycles. The zero-order chi connectivity index (χ0) is 14.4. The normalized spacial score (nSPS) is 12.3. The average Bonchev–Trinajstić information content (AvgIpc) is 2.44. The minimum Gasteiger partial charge on any atom is -0.316 e. The fraction of sp³-hybridized carbons (Fsp3) is 0.294. The largest absolute Gasteiger partial charge is 0.316 e. The van der Waals surface area contributed by atoms with E-state index in [4.69, 9.17) is 11.6 Å². The van der Waals surface area contributed by atoms with Crippen molar-refractivity contribution in [2.24, 2.45) is 0 Å². The van der Waals surface area contributed by atoms with Gasteiger partial charge in [0.25, 0.3) is 0 Å². The van der Waals surface area contributed by atoms with Gasteiger partial charge in [-0.25, -0.2) is 0 Å². The predicted molar refractivity (Wildman–Crippen MR) is 90.6 cm³/mol. The number of halogens is 2. The minimum absolute atomic E-state index is 0.460. The third kappa shape index (κ3) is 4.62. The van der Waals surface area contributed by atoms with Gasteiger partial charge >= 0.3 is 0 Å². The lowest BCUT2D eigenvalue weighted by Crippen LogP contribution is -2.22. The lowest BCUT2D eigenvalue weighted by molar-refractivity contribution is 0.595. The van der Waals surface area contributed by atoms with Crippen molar-refractivity contribution in [3.05, 3.63) is 69.2 Å². The van der Waals surface area contributed by atoms with E-state index in [0.717, 1.165) is 29.0 Å². The van der Waals surface area contributed by atoms with Crippen LogP contribution in [0, 0.1) is 0 Å². The molecule has 0 fully saturated rings. The Balaban J connectivity index is 2.16. The van der Waals surface area contributed by atoms with Gasteiger partial charge in [-0.2, -0.15) is 0 Å². The van der Waals surface area contributed by atoms with Crippen LogP contribution < -0.4 is 5.32 Å². The number of hydrogen-bond acceptors (Lipinski definition) is 1. The van der Waals surface area contributed by atoms with E-state index in [1.807, 2.05) is 12.1 Å². The van der Waals surface area contributed by atoms with Crippen molar-refractivity contribution in [2.45, 2.75) is 19.3 Å². The Kier molecular flexibility index (Phi) is 6.08. The van der Waals surface area contributed by atoms with Crippen LogP contribution in [0.15, 0.2) is 53.0 Å². The average molecular weight is 353 g/mol. The van der Waals surface area contributed by atoms with Gasteiger partial charge in [0.15, 0.2) is 0 Å². The van der Waals surface area contributed by atoms with Crippen molar-refractivity contribution in [1.29, 1.82) is 0 Å². The van der Waals surface area contributed by atoms with Crippen LogP contribution in [0.4, 0.5) is 0 Å².